The average molecular weight is 292 g/mol. The van der Waals surface area contributed by atoms with Crippen molar-refractivity contribution in [2.75, 3.05) is 6.54 Å². The summed E-state index contributed by atoms with van der Waals surface area (Å²) in [5.74, 6) is 1.07. The van der Waals surface area contributed by atoms with Gasteiger partial charge in [-0.25, -0.2) is 0 Å². The third-order valence-corrected chi connectivity index (χ3v) is 4.20. The van der Waals surface area contributed by atoms with Crippen molar-refractivity contribution in [3.05, 3.63) is 65.7 Å². The molecule has 1 amide bonds. The van der Waals surface area contributed by atoms with Crippen molar-refractivity contribution in [1.82, 2.24) is 9.88 Å². The van der Waals surface area contributed by atoms with Gasteiger partial charge < -0.3 is 9.32 Å². The predicted octanol–water partition coefficient (Wildman–Crippen LogP) is 3.42. The van der Waals surface area contributed by atoms with E-state index in [0.29, 0.717) is 6.54 Å². The van der Waals surface area contributed by atoms with Gasteiger partial charge in [-0.1, -0.05) is 18.2 Å². The molecule has 110 valence electrons. The van der Waals surface area contributed by atoms with Crippen LogP contribution in [-0.4, -0.2) is 22.3 Å². The van der Waals surface area contributed by atoms with E-state index in [1.165, 1.54) is 0 Å². The number of furan rings is 1. The number of aryl methyl sites for hydroxylation is 1. The Morgan fingerprint density at radius 3 is 3.05 bits per heavy atom. The summed E-state index contributed by atoms with van der Waals surface area (Å²) in [6.07, 6.45) is 5.23. The van der Waals surface area contributed by atoms with Crippen LogP contribution < -0.4 is 0 Å². The van der Waals surface area contributed by atoms with Crippen molar-refractivity contribution in [2.45, 2.75) is 19.4 Å². The van der Waals surface area contributed by atoms with Gasteiger partial charge >= 0.3 is 0 Å². The fourth-order valence-corrected chi connectivity index (χ4v) is 3.07. The van der Waals surface area contributed by atoms with Crippen LogP contribution >= 0.6 is 0 Å². The van der Waals surface area contributed by atoms with Gasteiger partial charge in [0.15, 0.2) is 0 Å². The fourth-order valence-electron chi connectivity index (χ4n) is 3.07. The zero-order chi connectivity index (χ0) is 14.9. The number of benzene rings is 1. The smallest absolute Gasteiger partial charge is 0.254 e. The van der Waals surface area contributed by atoms with E-state index in [-0.39, 0.29) is 5.91 Å². The first kappa shape index (κ1) is 13.1. The Labute approximate surface area is 128 Å². The second-order valence-corrected chi connectivity index (χ2v) is 5.57. The quantitative estimate of drug-likeness (QED) is 0.690. The maximum absolute atomic E-state index is 13.0. The van der Waals surface area contributed by atoms with Gasteiger partial charge in [0, 0.05) is 36.7 Å². The van der Waals surface area contributed by atoms with Gasteiger partial charge in [-0.2, -0.15) is 0 Å². The Hall–Kier alpha value is -2.62. The number of rotatable bonds is 1. The second kappa shape index (κ2) is 5.30. The first-order chi connectivity index (χ1) is 10.8. The van der Waals surface area contributed by atoms with Crippen LogP contribution in [0.25, 0.3) is 10.9 Å². The normalized spacial score (nSPS) is 14.6. The molecule has 0 radical (unpaired) electrons. The van der Waals surface area contributed by atoms with Crippen molar-refractivity contribution in [2.24, 2.45) is 0 Å². The van der Waals surface area contributed by atoms with Crippen LogP contribution in [0.2, 0.25) is 0 Å². The monoisotopic (exact) mass is 292 g/mol. The number of carbonyl (C=O) groups excluding carboxylic acids is 1. The molecule has 3 heterocycles. The molecule has 0 saturated carbocycles. The minimum atomic E-state index is 0.0626. The summed E-state index contributed by atoms with van der Waals surface area (Å²) in [4.78, 5) is 19.2. The lowest BCUT2D eigenvalue weighted by Gasteiger charge is -2.21. The summed E-state index contributed by atoms with van der Waals surface area (Å²) < 4.78 is 5.49. The molecule has 0 aliphatic carbocycles. The molecular weight excluding hydrogens is 276 g/mol. The molecule has 1 aromatic carbocycles. The Kier molecular flexibility index (Phi) is 3.15. The van der Waals surface area contributed by atoms with E-state index in [1.807, 2.05) is 41.3 Å². The van der Waals surface area contributed by atoms with Gasteiger partial charge in [0.2, 0.25) is 0 Å². The summed E-state index contributed by atoms with van der Waals surface area (Å²) >= 11 is 0. The molecule has 0 saturated heterocycles. The maximum atomic E-state index is 13.0. The van der Waals surface area contributed by atoms with Crippen LogP contribution in [0.5, 0.6) is 0 Å². The lowest BCUT2D eigenvalue weighted by atomic mass is 10.1. The zero-order valence-corrected chi connectivity index (χ0v) is 12.2. The first-order valence-corrected chi connectivity index (χ1v) is 7.51. The molecule has 2 aromatic heterocycles. The number of hydrogen-bond donors (Lipinski definition) is 0. The van der Waals surface area contributed by atoms with Crippen molar-refractivity contribution >= 4 is 16.8 Å². The molecule has 4 heteroatoms. The van der Waals surface area contributed by atoms with Crippen LogP contribution in [0.15, 0.2) is 53.3 Å². The van der Waals surface area contributed by atoms with Gasteiger partial charge in [-0.15, -0.1) is 0 Å². The van der Waals surface area contributed by atoms with Crippen molar-refractivity contribution in [3.63, 3.8) is 0 Å². The van der Waals surface area contributed by atoms with Crippen LogP contribution in [-0.2, 0) is 13.0 Å². The highest BCUT2D eigenvalue weighted by atomic mass is 16.3. The highest BCUT2D eigenvalue weighted by molar-refractivity contribution is 6.05. The first-order valence-electron chi connectivity index (χ1n) is 7.51. The largest absolute Gasteiger partial charge is 0.469 e. The van der Waals surface area contributed by atoms with E-state index in [9.17, 15) is 4.79 Å². The van der Waals surface area contributed by atoms with Crippen LogP contribution in [0.4, 0.5) is 0 Å². The number of amides is 1. The summed E-state index contributed by atoms with van der Waals surface area (Å²) in [7, 11) is 0. The second-order valence-electron chi connectivity index (χ2n) is 5.57. The SMILES string of the molecule is O=C(c1ccnc2ccccc12)N1CCCc2occc2C1. The standard InChI is InChI=1S/C18H16N2O2/c21-18(15-7-9-19-16-5-2-1-4-14(15)16)20-10-3-6-17-13(12-20)8-11-22-17/h1-2,4-5,7-9,11H,3,6,10,12H2. The van der Waals surface area contributed by atoms with E-state index < -0.39 is 0 Å². The highest BCUT2D eigenvalue weighted by Gasteiger charge is 2.22. The Morgan fingerprint density at radius 2 is 2.09 bits per heavy atom. The van der Waals surface area contributed by atoms with E-state index in [4.69, 9.17) is 4.42 Å². The topological polar surface area (TPSA) is 46.3 Å². The van der Waals surface area contributed by atoms with Crippen LogP contribution in [0.1, 0.15) is 28.1 Å². The highest BCUT2D eigenvalue weighted by Crippen LogP contribution is 2.23. The number of para-hydroxylation sites is 1. The summed E-state index contributed by atoms with van der Waals surface area (Å²) in [5.41, 5.74) is 2.69. The number of carbonyl (C=O) groups is 1. The van der Waals surface area contributed by atoms with Gasteiger partial charge in [-0.05, 0) is 24.6 Å². The Bertz CT molecular complexity index is 832. The number of nitrogens with zero attached hydrogens (tertiary/aromatic N) is 2. The van der Waals surface area contributed by atoms with Gasteiger partial charge in [0.25, 0.3) is 5.91 Å². The number of hydrogen-bond acceptors (Lipinski definition) is 3. The van der Waals surface area contributed by atoms with Crippen LogP contribution in [0, 0.1) is 0 Å². The molecule has 0 fully saturated rings. The average Bonchev–Trinajstić information content (AvgIpc) is 2.90. The third-order valence-electron chi connectivity index (χ3n) is 4.20. The molecule has 0 atom stereocenters. The molecule has 0 bridgehead atoms. The molecule has 4 nitrogen and oxygen atoms in total. The fraction of sp³-hybridized carbons (Fsp3) is 0.222. The predicted molar refractivity (Wildman–Crippen MR) is 83.5 cm³/mol. The van der Waals surface area contributed by atoms with Gasteiger partial charge in [0.05, 0.1) is 17.3 Å². The molecule has 3 aromatic rings. The van der Waals surface area contributed by atoms with E-state index in [1.54, 1.807) is 12.5 Å². The lowest BCUT2D eigenvalue weighted by Crippen LogP contribution is -2.30. The number of pyridine rings is 1. The maximum Gasteiger partial charge on any atom is 0.254 e. The van der Waals surface area contributed by atoms with E-state index in [0.717, 1.165) is 47.2 Å². The van der Waals surface area contributed by atoms with E-state index in [2.05, 4.69) is 4.98 Å². The van der Waals surface area contributed by atoms with Crippen molar-refractivity contribution in [3.8, 4) is 0 Å². The number of aromatic nitrogens is 1. The lowest BCUT2D eigenvalue weighted by molar-refractivity contribution is 0.0748. The molecule has 22 heavy (non-hydrogen) atoms. The summed E-state index contributed by atoms with van der Waals surface area (Å²) in [5, 5.41) is 0.909. The summed E-state index contributed by atoms with van der Waals surface area (Å²) in [6, 6.07) is 11.5. The van der Waals surface area contributed by atoms with Crippen molar-refractivity contribution < 1.29 is 9.21 Å². The molecule has 0 N–H and O–H groups in total. The zero-order valence-electron chi connectivity index (χ0n) is 12.2. The van der Waals surface area contributed by atoms with Gasteiger partial charge in [-0.3, -0.25) is 9.78 Å². The van der Waals surface area contributed by atoms with E-state index >= 15 is 0 Å². The third kappa shape index (κ3) is 2.17. The number of fused-ring (bicyclic) bond motifs is 2. The van der Waals surface area contributed by atoms with Crippen molar-refractivity contribution in [1.29, 1.82) is 0 Å². The minimum Gasteiger partial charge on any atom is -0.469 e. The van der Waals surface area contributed by atoms with Gasteiger partial charge in [0.1, 0.15) is 5.76 Å². The Balaban J connectivity index is 1.71. The summed E-state index contributed by atoms with van der Waals surface area (Å²) in [6.45, 7) is 1.36. The molecule has 4 rings (SSSR count). The molecule has 0 unspecified atom stereocenters. The molecule has 1 aliphatic rings. The Morgan fingerprint density at radius 1 is 1.18 bits per heavy atom. The molecular formula is C18H16N2O2. The molecule has 0 spiro atoms. The molecule has 1 aliphatic heterocycles. The minimum absolute atomic E-state index is 0.0626. The van der Waals surface area contributed by atoms with Crippen LogP contribution in [0.3, 0.4) is 0 Å².